The molecule has 0 atom stereocenters. The van der Waals surface area contributed by atoms with Crippen molar-refractivity contribution < 1.29 is 0 Å². The zero-order chi connectivity index (χ0) is 17.9. The van der Waals surface area contributed by atoms with Crippen LogP contribution in [0.4, 0.5) is 11.4 Å². The van der Waals surface area contributed by atoms with Crippen LogP contribution < -0.4 is 4.90 Å². The highest BCUT2D eigenvalue weighted by Gasteiger charge is 2.23. The first-order valence-electron chi connectivity index (χ1n) is 9.17. The molecule has 2 heterocycles. The summed E-state index contributed by atoms with van der Waals surface area (Å²) in [5.74, 6) is 0. The lowest BCUT2D eigenvalue weighted by molar-refractivity contribution is 0.168. The highest BCUT2D eigenvalue weighted by Crippen LogP contribution is 2.48. The van der Waals surface area contributed by atoms with E-state index in [1.54, 1.807) is 0 Å². The van der Waals surface area contributed by atoms with Crippen molar-refractivity contribution >= 4 is 34.7 Å². The first kappa shape index (κ1) is 17.8. The Balaban J connectivity index is 1.46. The number of hydrogen-bond acceptors (Lipinski definition) is 4. The van der Waals surface area contributed by atoms with Gasteiger partial charge in [0.15, 0.2) is 0 Å². The van der Waals surface area contributed by atoms with Crippen LogP contribution in [0.25, 0.3) is 0 Å². The third kappa shape index (κ3) is 3.73. The second-order valence-electron chi connectivity index (χ2n) is 6.75. The molecule has 0 bridgehead atoms. The number of benzene rings is 2. The third-order valence-corrected chi connectivity index (χ3v) is 6.47. The molecule has 1 saturated heterocycles. The van der Waals surface area contributed by atoms with Crippen LogP contribution in [0.5, 0.6) is 0 Å². The highest BCUT2D eigenvalue weighted by atomic mass is 35.5. The van der Waals surface area contributed by atoms with Gasteiger partial charge in [0.2, 0.25) is 0 Å². The highest BCUT2D eigenvalue weighted by molar-refractivity contribution is 7.99. The summed E-state index contributed by atoms with van der Waals surface area (Å²) in [5, 5.41) is 0.800. The number of fused-ring (bicyclic) bond motifs is 2. The molecule has 0 aromatic heterocycles. The number of nitrogens with zero attached hydrogens (tertiary/aromatic N) is 3. The molecule has 4 rings (SSSR count). The molecule has 0 N–H and O–H groups in total. The minimum Gasteiger partial charge on any atom is -0.375 e. The molecule has 0 radical (unpaired) electrons. The maximum Gasteiger partial charge on any atom is 0.0567 e. The summed E-state index contributed by atoms with van der Waals surface area (Å²) in [7, 11) is 0. The number of rotatable bonds is 5. The van der Waals surface area contributed by atoms with Crippen molar-refractivity contribution in [1.29, 1.82) is 0 Å². The summed E-state index contributed by atoms with van der Waals surface area (Å²) >= 11 is 8.13. The minimum atomic E-state index is 0.800. The van der Waals surface area contributed by atoms with E-state index in [0.29, 0.717) is 0 Å². The molecule has 26 heavy (non-hydrogen) atoms. The Morgan fingerprint density at radius 1 is 0.962 bits per heavy atom. The van der Waals surface area contributed by atoms with Crippen molar-refractivity contribution in [3.05, 3.63) is 60.3 Å². The van der Waals surface area contributed by atoms with Crippen molar-refractivity contribution in [1.82, 2.24) is 9.80 Å². The van der Waals surface area contributed by atoms with Crippen molar-refractivity contribution in [2.24, 2.45) is 0 Å². The van der Waals surface area contributed by atoms with Crippen LogP contribution >= 0.6 is 23.4 Å². The Labute approximate surface area is 165 Å². The lowest BCUT2D eigenvalue weighted by Gasteiger charge is -2.36. The number of hydrogen-bond donors (Lipinski definition) is 0. The SMILES string of the molecule is C=CN1CCN(CCCN2c3ccccc3Sc3ccc(Cl)cc32)CC1. The fourth-order valence-electron chi connectivity index (χ4n) is 3.67. The average Bonchev–Trinajstić information content (AvgIpc) is 2.68. The van der Waals surface area contributed by atoms with Crippen LogP contribution in [0, 0.1) is 0 Å². The predicted molar refractivity (Wildman–Crippen MR) is 112 cm³/mol. The summed E-state index contributed by atoms with van der Waals surface area (Å²) in [6, 6.07) is 14.9. The first-order chi connectivity index (χ1) is 12.7. The van der Waals surface area contributed by atoms with Gasteiger partial charge < -0.3 is 9.80 Å². The van der Waals surface area contributed by atoms with Crippen molar-refractivity contribution in [2.75, 3.05) is 44.2 Å². The maximum atomic E-state index is 6.30. The zero-order valence-electron chi connectivity index (χ0n) is 14.9. The molecule has 0 aliphatic carbocycles. The molecule has 2 aromatic rings. The van der Waals surface area contributed by atoms with E-state index in [1.807, 2.05) is 24.0 Å². The van der Waals surface area contributed by atoms with Gasteiger partial charge in [0.05, 0.1) is 11.4 Å². The van der Waals surface area contributed by atoms with Crippen LogP contribution in [0.15, 0.2) is 65.0 Å². The monoisotopic (exact) mass is 385 g/mol. The van der Waals surface area contributed by atoms with E-state index in [2.05, 4.69) is 57.7 Å². The van der Waals surface area contributed by atoms with Gasteiger partial charge in [0.25, 0.3) is 0 Å². The molecule has 2 aromatic carbocycles. The van der Waals surface area contributed by atoms with Crippen molar-refractivity contribution in [2.45, 2.75) is 16.2 Å². The third-order valence-electron chi connectivity index (χ3n) is 5.11. The number of para-hydroxylation sites is 1. The molecular weight excluding hydrogens is 362 g/mol. The second-order valence-corrected chi connectivity index (χ2v) is 8.27. The minimum absolute atomic E-state index is 0.800. The Morgan fingerprint density at radius 3 is 2.54 bits per heavy atom. The van der Waals surface area contributed by atoms with Gasteiger partial charge in [0.1, 0.15) is 0 Å². The summed E-state index contributed by atoms with van der Waals surface area (Å²) < 4.78 is 0. The molecule has 0 saturated carbocycles. The number of piperazine rings is 1. The number of halogens is 1. The fraction of sp³-hybridized carbons (Fsp3) is 0.333. The molecular formula is C21H24ClN3S. The topological polar surface area (TPSA) is 9.72 Å². The molecule has 2 aliphatic rings. The largest absolute Gasteiger partial charge is 0.375 e. The predicted octanol–water partition coefficient (Wildman–Crippen LogP) is 5.09. The Bertz CT molecular complexity index is 787. The molecule has 0 amide bonds. The lowest BCUT2D eigenvalue weighted by Crippen LogP contribution is -2.44. The van der Waals surface area contributed by atoms with Gasteiger partial charge in [-0.1, -0.05) is 42.1 Å². The average molecular weight is 386 g/mol. The molecule has 5 heteroatoms. The van der Waals surface area contributed by atoms with Crippen LogP contribution in [0.1, 0.15) is 6.42 Å². The van der Waals surface area contributed by atoms with Gasteiger partial charge in [0, 0.05) is 47.5 Å². The Morgan fingerprint density at radius 2 is 1.73 bits per heavy atom. The van der Waals surface area contributed by atoms with Gasteiger partial charge >= 0.3 is 0 Å². The first-order valence-corrected chi connectivity index (χ1v) is 10.4. The quantitative estimate of drug-likeness (QED) is 0.708. The van der Waals surface area contributed by atoms with E-state index < -0.39 is 0 Å². The van der Waals surface area contributed by atoms with E-state index in [1.165, 1.54) is 21.2 Å². The van der Waals surface area contributed by atoms with Crippen molar-refractivity contribution in [3.63, 3.8) is 0 Å². The molecule has 0 spiro atoms. The van der Waals surface area contributed by atoms with Crippen LogP contribution in [0.2, 0.25) is 5.02 Å². The summed E-state index contributed by atoms with van der Waals surface area (Å²) in [6.45, 7) is 10.4. The normalized spacial score (nSPS) is 17.0. The summed E-state index contributed by atoms with van der Waals surface area (Å²) in [5.41, 5.74) is 2.53. The van der Waals surface area contributed by atoms with E-state index in [0.717, 1.165) is 50.7 Å². The molecule has 2 aliphatic heterocycles. The van der Waals surface area contributed by atoms with E-state index >= 15 is 0 Å². The van der Waals surface area contributed by atoms with E-state index in [-0.39, 0.29) is 0 Å². The maximum absolute atomic E-state index is 6.30. The van der Waals surface area contributed by atoms with Gasteiger partial charge in [-0.15, -0.1) is 0 Å². The smallest absolute Gasteiger partial charge is 0.0567 e. The van der Waals surface area contributed by atoms with Crippen LogP contribution in [0.3, 0.4) is 0 Å². The fourth-order valence-corrected chi connectivity index (χ4v) is 4.91. The molecule has 1 fully saturated rings. The zero-order valence-corrected chi connectivity index (χ0v) is 16.5. The Hall–Kier alpha value is -1.62. The van der Waals surface area contributed by atoms with Gasteiger partial charge in [-0.25, -0.2) is 0 Å². The number of anilines is 2. The van der Waals surface area contributed by atoms with E-state index in [9.17, 15) is 0 Å². The van der Waals surface area contributed by atoms with Crippen LogP contribution in [-0.2, 0) is 0 Å². The van der Waals surface area contributed by atoms with Gasteiger partial charge in [-0.2, -0.15) is 0 Å². The van der Waals surface area contributed by atoms with Crippen molar-refractivity contribution in [3.8, 4) is 0 Å². The van der Waals surface area contributed by atoms with Gasteiger partial charge in [-0.3, -0.25) is 4.90 Å². The standard InChI is InChI=1S/C21H24ClN3S/c1-2-23-12-14-24(15-13-23)10-5-11-25-18-6-3-4-7-20(18)26-21-9-8-17(22)16-19(21)25/h2-4,6-9,16H,1,5,10-15H2. The Kier molecular flexibility index (Phi) is 5.44. The molecule has 0 unspecified atom stereocenters. The second kappa shape index (κ2) is 7.95. The lowest BCUT2D eigenvalue weighted by atomic mass is 10.2. The van der Waals surface area contributed by atoms with Crippen LogP contribution in [-0.4, -0.2) is 49.1 Å². The molecule has 136 valence electrons. The molecule has 3 nitrogen and oxygen atoms in total. The van der Waals surface area contributed by atoms with E-state index in [4.69, 9.17) is 11.6 Å². The summed E-state index contributed by atoms with van der Waals surface area (Å²) in [6.07, 6.45) is 3.10. The summed E-state index contributed by atoms with van der Waals surface area (Å²) in [4.78, 5) is 9.90. The van der Waals surface area contributed by atoms with Gasteiger partial charge in [-0.05, 0) is 49.5 Å².